The first-order chi connectivity index (χ1) is 18.3. The Labute approximate surface area is 228 Å². The summed E-state index contributed by atoms with van der Waals surface area (Å²) < 4.78 is 12.1. The number of para-hydroxylation sites is 1. The number of halogens is 1. The lowest BCUT2D eigenvalue weighted by Gasteiger charge is -2.40. The van der Waals surface area contributed by atoms with Crippen LogP contribution in [0.5, 0.6) is 11.5 Å². The zero-order valence-corrected chi connectivity index (χ0v) is 22.6. The number of rotatable bonds is 5. The van der Waals surface area contributed by atoms with Crippen LogP contribution in [0.2, 0.25) is 5.02 Å². The van der Waals surface area contributed by atoms with Gasteiger partial charge >= 0.3 is 0 Å². The van der Waals surface area contributed by atoms with Crippen molar-refractivity contribution in [1.82, 2.24) is 0 Å². The number of ether oxygens (including phenoxy) is 2. The van der Waals surface area contributed by atoms with E-state index < -0.39 is 0 Å². The molecule has 0 amide bonds. The number of carbonyl (C=O) groups is 1. The summed E-state index contributed by atoms with van der Waals surface area (Å²) in [4.78, 5) is 13.9. The molecule has 0 unspecified atom stereocenters. The van der Waals surface area contributed by atoms with Crippen LogP contribution in [0.4, 0.5) is 5.69 Å². The first kappa shape index (κ1) is 24.6. The van der Waals surface area contributed by atoms with Crippen LogP contribution in [0.15, 0.2) is 84.4 Å². The highest BCUT2D eigenvalue weighted by Gasteiger charge is 2.41. The number of nitrogens with one attached hydrogen (secondary N) is 1. The third kappa shape index (κ3) is 4.33. The largest absolute Gasteiger partial charge is 0.493 e. The lowest BCUT2D eigenvalue weighted by Crippen LogP contribution is -2.33. The van der Waals surface area contributed by atoms with Gasteiger partial charge in [0.1, 0.15) is 6.61 Å². The number of benzene rings is 4. The van der Waals surface area contributed by atoms with E-state index in [1.165, 1.54) is 5.39 Å². The van der Waals surface area contributed by atoms with E-state index in [1.54, 1.807) is 7.11 Å². The van der Waals surface area contributed by atoms with Gasteiger partial charge in [-0.05, 0) is 58.0 Å². The molecular formula is C33H30ClNO3. The Morgan fingerprint density at radius 3 is 2.61 bits per heavy atom. The molecule has 0 radical (unpaired) electrons. The lowest BCUT2D eigenvalue weighted by molar-refractivity contribution is -0.118. The van der Waals surface area contributed by atoms with Crippen molar-refractivity contribution in [3.63, 3.8) is 0 Å². The van der Waals surface area contributed by atoms with Crippen LogP contribution in [0, 0.1) is 5.41 Å². The minimum atomic E-state index is -0.355. The van der Waals surface area contributed by atoms with Crippen molar-refractivity contribution in [3.8, 4) is 11.5 Å². The maximum atomic E-state index is 13.9. The first-order valence-corrected chi connectivity index (χ1v) is 13.3. The van der Waals surface area contributed by atoms with Gasteiger partial charge in [-0.2, -0.15) is 0 Å². The summed E-state index contributed by atoms with van der Waals surface area (Å²) in [6.07, 6.45) is 1.34. The number of hydrogen-bond donors (Lipinski definition) is 1. The standard InChI is InChI=1S/C33H30ClNO3/c1-33(2)17-25-29-23-11-5-4-9-21(23)14-15-26(29)35-31(30(25)27(36)18-33)24-12-7-13-28(37-3)32(24)38-19-20-8-6-10-22(34)16-20/h4-16,31,35H,17-19H2,1-3H3/t31-/m1/s1. The quantitative estimate of drug-likeness (QED) is 0.285. The van der Waals surface area contributed by atoms with Gasteiger partial charge in [0.25, 0.3) is 0 Å². The molecule has 1 aliphatic heterocycles. The zero-order chi connectivity index (χ0) is 26.4. The minimum Gasteiger partial charge on any atom is -0.493 e. The highest BCUT2D eigenvalue weighted by Crippen LogP contribution is 2.53. The Hall–Kier alpha value is -3.76. The second-order valence-electron chi connectivity index (χ2n) is 10.9. The number of ketones is 1. The van der Waals surface area contributed by atoms with Gasteiger partial charge in [-0.3, -0.25) is 4.79 Å². The molecule has 4 aromatic carbocycles. The summed E-state index contributed by atoms with van der Waals surface area (Å²) >= 11 is 6.21. The summed E-state index contributed by atoms with van der Waals surface area (Å²) in [6.45, 7) is 4.69. The molecule has 4 aromatic rings. The van der Waals surface area contributed by atoms with Crippen LogP contribution in [0.3, 0.4) is 0 Å². The predicted octanol–water partition coefficient (Wildman–Crippen LogP) is 8.39. The van der Waals surface area contributed by atoms with Gasteiger partial charge in [0.05, 0.1) is 13.2 Å². The van der Waals surface area contributed by atoms with Gasteiger partial charge in [-0.1, -0.05) is 80.0 Å². The second kappa shape index (κ2) is 9.52. The smallest absolute Gasteiger partial charge is 0.167 e. The maximum Gasteiger partial charge on any atom is 0.167 e. The average Bonchev–Trinajstić information content (AvgIpc) is 2.90. The van der Waals surface area contributed by atoms with E-state index in [-0.39, 0.29) is 17.2 Å². The molecule has 38 heavy (non-hydrogen) atoms. The molecule has 1 aliphatic carbocycles. The van der Waals surface area contributed by atoms with Crippen molar-refractivity contribution >= 4 is 39.4 Å². The molecule has 0 aromatic heterocycles. The van der Waals surface area contributed by atoms with Crippen molar-refractivity contribution in [2.75, 3.05) is 12.4 Å². The van der Waals surface area contributed by atoms with Crippen molar-refractivity contribution in [1.29, 1.82) is 0 Å². The molecule has 0 fully saturated rings. The summed E-state index contributed by atoms with van der Waals surface area (Å²) in [5, 5.41) is 6.72. The number of methoxy groups -OCH3 is 1. The van der Waals surface area contributed by atoms with Crippen LogP contribution in [0.1, 0.15) is 49.4 Å². The van der Waals surface area contributed by atoms with Gasteiger partial charge in [0.15, 0.2) is 17.3 Å². The number of allylic oxidation sites excluding steroid dienone is 1. The second-order valence-corrected chi connectivity index (χ2v) is 11.4. The molecule has 4 nitrogen and oxygen atoms in total. The van der Waals surface area contributed by atoms with Crippen LogP contribution < -0.4 is 14.8 Å². The maximum absolute atomic E-state index is 13.9. The number of anilines is 1. The molecule has 0 saturated carbocycles. The van der Waals surface area contributed by atoms with E-state index in [9.17, 15) is 4.79 Å². The summed E-state index contributed by atoms with van der Waals surface area (Å²) in [6, 6.07) is 25.8. The van der Waals surface area contributed by atoms with Crippen LogP contribution in [-0.2, 0) is 11.4 Å². The van der Waals surface area contributed by atoms with Crippen LogP contribution in [0.25, 0.3) is 16.3 Å². The highest BCUT2D eigenvalue weighted by molar-refractivity contribution is 6.30. The monoisotopic (exact) mass is 523 g/mol. The Balaban J connectivity index is 1.52. The molecule has 6 rings (SSSR count). The van der Waals surface area contributed by atoms with Crippen molar-refractivity contribution in [2.45, 2.75) is 39.3 Å². The third-order valence-corrected chi connectivity index (χ3v) is 7.79. The predicted molar refractivity (Wildman–Crippen MR) is 154 cm³/mol. The summed E-state index contributed by atoms with van der Waals surface area (Å²) in [5.41, 5.74) is 5.84. The average molecular weight is 524 g/mol. The van der Waals surface area contributed by atoms with Gasteiger partial charge in [0, 0.05) is 33.8 Å². The fraction of sp³-hybridized carbons (Fsp3) is 0.242. The number of carbonyl (C=O) groups excluding carboxylic acids is 1. The fourth-order valence-electron chi connectivity index (χ4n) is 5.93. The number of fused-ring (bicyclic) bond motifs is 4. The van der Waals surface area contributed by atoms with E-state index in [2.05, 4.69) is 55.6 Å². The minimum absolute atomic E-state index is 0.119. The Morgan fingerprint density at radius 1 is 0.974 bits per heavy atom. The van der Waals surface area contributed by atoms with Crippen LogP contribution in [-0.4, -0.2) is 12.9 Å². The fourth-order valence-corrected chi connectivity index (χ4v) is 6.14. The molecule has 1 atom stereocenters. The Bertz CT molecular complexity index is 1600. The zero-order valence-electron chi connectivity index (χ0n) is 21.8. The molecule has 0 saturated heterocycles. The lowest BCUT2D eigenvalue weighted by atomic mass is 9.67. The van der Waals surface area contributed by atoms with E-state index in [0.29, 0.717) is 29.5 Å². The van der Waals surface area contributed by atoms with Gasteiger partial charge in [-0.25, -0.2) is 0 Å². The number of Topliss-reactive ketones (excluding diaryl/α,β-unsaturated/α-hetero) is 1. The van der Waals surface area contributed by atoms with Crippen LogP contribution >= 0.6 is 11.6 Å². The SMILES string of the molecule is COc1cccc([C@H]2Nc3ccc4ccccc4c3C3=C2C(=O)CC(C)(C)C3)c1OCc1cccc(Cl)c1. The van der Waals surface area contributed by atoms with Crippen molar-refractivity contribution in [2.24, 2.45) is 5.41 Å². The third-order valence-electron chi connectivity index (χ3n) is 7.55. The molecular weight excluding hydrogens is 494 g/mol. The Morgan fingerprint density at radius 2 is 1.79 bits per heavy atom. The Kier molecular flexibility index (Phi) is 6.16. The number of hydrogen-bond acceptors (Lipinski definition) is 4. The van der Waals surface area contributed by atoms with Gasteiger partial charge < -0.3 is 14.8 Å². The molecule has 0 spiro atoms. The highest BCUT2D eigenvalue weighted by atomic mass is 35.5. The first-order valence-electron chi connectivity index (χ1n) is 12.9. The summed E-state index contributed by atoms with van der Waals surface area (Å²) in [5.74, 6) is 1.43. The van der Waals surface area contributed by atoms with Gasteiger partial charge in [-0.15, -0.1) is 0 Å². The van der Waals surface area contributed by atoms with Crippen molar-refractivity contribution in [3.05, 3.63) is 106 Å². The van der Waals surface area contributed by atoms with Gasteiger partial charge in [0.2, 0.25) is 0 Å². The molecule has 192 valence electrons. The molecule has 5 heteroatoms. The molecule has 0 bridgehead atoms. The molecule has 1 N–H and O–H groups in total. The normalized spacial score (nSPS) is 18.0. The summed E-state index contributed by atoms with van der Waals surface area (Å²) in [7, 11) is 1.64. The van der Waals surface area contributed by atoms with E-state index in [4.69, 9.17) is 21.1 Å². The van der Waals surface area contributed by atoms with E-state index in [0.717, 1.165) is 45.3 Å². The molecule has 1 heterocycles. The van der Waals surface area contributed by atoms with E-state index >= 15 is 0 Å². The topological polar surface area (TPSA) is 47.6 Å². The molecule has 2 aliphatic rings. The van der Waals surface area contributed by atoms with E-state index in [1.807, 2.05) is 42.5 Å². The van der Waals surface area contributed by atoms with Crippen molar-refractivity contribution < 1.29 is 14.3 Å².